The second-order valence-corrected chi connectivity index (χ2v) is 8.87. The Balaban J connectivity index is 1.87. The van der Waals surface area contributed by atoms with E-state index >= 15 is 0 Å². The fraction of sp³-hybridized carbons (Fsp3) is 0.278. The molecule has 1 aliphatic rings. The van der Waals surface area contributed by atoms with E-state index in [1.165, 1.54) is 22.5 Å². The van der Waals surface area contributed by atoms with Crippen LogP contribution in [0.2, 0.25) is 5.02 Å². The molecule has 0 bridgehead atoms. The van der Waals surface area contributed by atoms with Crippen LogP contribution in [-0.2, 0) is 22.6 Å². The monoisotopic (exact) mass is 432 g/mol. The highest BCUT2D eigenvalue weighted by Crippen LogP contribution is 2.37. The lowest BCUT2D eigenvalue weighted by molar-refractivity contribution is -0.137. The molecular formula is C18H16ClF3N2O3S. The summed E-state index contributed by atoms with van der Waals surface area (Å²) >= 11 is 5.58. The lowest BCUT2D eigenvalue weighted by atomic mass is 10.1. The molecule has 150 valence electrons. The molecule has 1 aliphatic heterocycles. The predicted octanol–water partition coefficient (Wildman–Crippen LogP) is 4.32. The van der Waals surface area contributed by atoms with Crippen LogP contribution in [0.3, 0.4) is 0 Å². The molecule has 1 atom stereocenters. The summed E-state index contributed by atoms with van der Waals surface area (Å²) in [7, 11) is -3.46. The molecule has 0 saturated carbocycles. The lowest BCUT2D eigenvalue weighted by Crippen LogP contribution is -2.34. The molecule has 2 aromatic carbocycles. The second kappa shape index (κ2) is 6.97. The molecule has 28 heavy (non-hydrogen) atoms. The van der Waals surface area contributed by atoms with Gasteiger partial charge in [-0.1, -0.05) is 11.6 Å². The molecule has 2 aromatic rings. The summed E-state index contributed by atoms with van der Waals surface area (Å²) in [6, 6.07) is 7.33. The number of carbonyl (C=O) groups excluding carboxylic acids is 1. The van der Waals surface area contributed by atoms with Gasteiger partial charge in [-0.15, -0.1) is 0 Å². The maximum atomic E-state index is 13.0. The van der Waals surface area contributed by atoms with Crippen molar-refractivity contribution in [3.05, 3.63) is 58.1 Å². The maximum Gasteiger partial charge on any atom is 0.417 e. The number of nitrogens with one attached hydrogen (secondary N) is 1. The van der Waals surface area contributed by atoms with Crippen molar-refractivity contribution < 1.29 is 26.4 Å². The number of sulfonamides is 1. The lowest BCUT2D eigenvalue weighted by Gasteiger charge is -2.21. The highest BCUT2D eigenvalue weighted by Gasteiger charge is 2.34. The van der Waals surface area contributed by atoms with Crippen LogP contribution in [0.1, 0.15) is 28.4 Å². The van der Waals surface area contributed by atoms with Crippen LogP contribution in [0.4, 0.5) is 24.5 Å². The molecule has 1 heterocycles. The molecule has 0 aromatic heterocycles. The zero-order valence-electron chi connectivity index (χ0n) is 14.8. The second-order valence-electron chi connectivity index (χ2n) is 6.60. The minimum atomic E-state index is -4.64. The van der Waals surface area contributed by atoms with Crippen molar-refractivity contribution in [1.29, 1.82) is 0 Å². The Labute approximate surface area is 165 Å². The summed E-state index contributed by atoms with van der Waals surface area (Å²) in [5.74, 6) is -0.608. The number of nitrogens with zero attached hydrogens (tertiary/aromatic N) is 1. The van der Waals surface area contributed by atoms with E-state index in [4.69, 9.17) is 11.6 Å². The molecule has 0 fully saturated rings. The van der Waals surface area contributed by atoms with E-state index in [-0.39, 0.29) is 17.3 Å². The molecule has 0 saturated heterocycles. The molecule has 5 nitrogen and oxygen atoms in total. The van der Waals surface area contributed by atoms with Gasteiger partial charge in [0.25, 0.3) is 5.91 Å². The van der Waals surface area contributed by atoms with Crippen molar-refractivity contribution in [1.82, 2.24) is 0 Å². The molecular weight excluding hydrogens is 417 g/mol. The number of carbonyl (C=O) groups is 1. The third-order valence-corrected chi connectivity index (χ3v) is 5.98. The van der Waals surface area contributed by atoms with E-state index < -0.39 is 32.7 Å². The fourth-order valence-electron chi connectivity index (χ4n) is 3.27. The maximum absolute atomic E-state index is 13.0. The molecule has 1 unspecified atom stereocenters. The highest BCUT2D eigenvalue weighted by molar-refractivity contribution is 7.92. The van der Waals surface area contributed by atoms with Crippen molar-refractivity contribution in [3.8, 4) is 0 Å². The van der Waals surface area contributed by atoms with E-state index in [1.54, 1.807) is 13.0 Å². The van der Waals surface area contributed by atoms with E-state index in [9.17, 15) is 26.4 Å². The van der Waals surface area contributed by atoms with E-state index in [1.807, 2.05) is 0 Å². The predicted molar refractivity (Wildman–Crippen MR) is 101 cm³/mol. The van der Waals surface area contributed by atoms with Gasteiger partial charge in [-0.3, -0.25) is 9.10 Å². The minimum absolute atomic E-state index is 0.0478. The van der Waals surface area contributed by atoms with Crippen LogP contribution >= 0.6 is 11.6 Å². The normalized spacial score (nSPS) is 16.8. The topological polar surface area (TPSA) is 66.5 Å². The smallest absolute Gasteiger partial charge is 0.322 e. The van der Waals surface area contributed by atoms with Gasteiger partial charge in [0.2, 0.25) is 10.0 Å². The molecule has 0 radical (unpaired) electrons. The van der Waals surface area contributed by atoms with E-state index in [0.717, 1.165) is 18.4 Å². The summed E-state index contributed by atoms with van der Waals surface area (Å²) < 4.78 is 64.1. The van der Waals surface area contributed by atoms with Crippen molar-refractivity contribution in [3.63, 3.8) is 0 Å². The number of fused-ring (bicyclic) bond motifs is 1. The first-order valence-corrected chi connectivity index (χ1v) is 10.4. The van der Waals surface area contributed by atoms with Gasteiger partial charge in [0.05, 0.1) is 22.5 Å². The number of hydrogen-bond donors (Lipinski definition) is 1. The van der Waals surface area contributed by atoms with Gasteiger partial charge in [-0.25, -0.2) is 8.42 Å². The van der Waals surface area contributed by atoms with E-state index in [0.29, 0.717) is 17.7 Å². The average molecular weight is 433 g/mol. The van der Waals surface area contributed by atoms with Gasteiger partial charge < -0.3 is 5.32 Å². The Morgan fingerprint density at radius 3 is 2.50 bits per heavy atom. The number of benzene rings is 2. The van der Waals surface area contributed by atoms with Crippen molar-refractivity contribution in [2.45, 2.75) is 25.6 Å². The van der Waals surface area contributed by atoms with Crippen LogP contribution in [0, 0.1) is 0 Å². The molecule has 1 N–H and O–H groups in total. The Bertz CT molecular complexity index is 1050. The third kappa shape index (κ3) is 3.95. The van der Waals surface area contributed by atoms with Crippen molar-refractivity contribution in [2.24, 2.45) is 0 Å². The third-order valence-electron chi connectivity index (χ3n) is 4.38. The Kier molecular flexibility index (Phi) is 5.09. The van der Waals surface area contributed by atoms with Crippen LogP contribution in [0.15, 0.2) is 36.4 Å². The fourth-order valence-corrected chi connectivity index (χ4v) is 4.76. The van der Waals surface area contributed by atoms with Gasteiger partial charge >= 0.3 is 6.18 Å². The number of rotatable bonds is 3. The quantitative estimate of drug-likeness (QED) is 0.785. The van der Waals surface area contributed by atoms with Crippen LogP contribution in [0.5, 0.6) is 0 Å². The molecule has 10 heteroatoms. The van der Waals surface area contributed by atoms with Crippen molar-refractivity contribution in [2.75, 3.05) is 15.9 Å². The first kappa shape index (κ1) is 20.5. The first-order chi connectivity index (χ1) is 12.9. The summed E-state index contributed by atoms with van der Waals surface area (Å²) in [6.07, 6.45) is -3.10. The van der Waals surface area contributed by atoms with Crippen LogP contribution in [0.25, 0.3) is 0 Å². The number of anilines is 2. The van der Waals surface area contributed by atoms with Crippen LogP contribution < -0.4 is 9.62 Å². The van der Waals surface area contributed by atoms with Gasteiger partial charge in [0.15, 0.2) is 0 Å². The Morgan fingerprint density at radius 1 is 1.21 bits per heavy atom. The standard InChI is InChI=1S/C18H16ClF3N2O3S/c1-10-7-12-8-11(3-6-16(12)24(10)28(2,26)27)17(25)23-13-4-5-15(19)14(9-13)18(20,21)22/h3-6,8-10H,7H2,1-2H3,(H,23,25). The SMILES string of the molecule is CC1Cc2cc(C(=O)Nc3ccc(Cl)c(C(F)(F)F)c3)ccc2N1S(C)(=O)=O. The van der Waals surface area contributed by atoms with Crippen molar-refractivity contribution >= 4 is 38.9 Å². The van der Waals surface area contributed by atoms with Gasteiger partial charge in [-0.2, -0.15) is 13.2 Å². The number of halogens is 4. The molecule has 0 spiro atoms. The van der Waals surface area contributed by atoms with Gasteiger partial charge in [0, 0.05) is 17.3 Å². The highest BCUT2D eigenvalue weighted by atomic mass is 35.5. The summed E-state index contributed by atoms with van der Waals surface area (Å²) in [5.41, 5.74) is 0.298. The number of hydrogen-bond acceptors (Lipinski definition) is 3. The zero-order valence-corrected chi connectivity index (χ0v) is 16.4. The summed E-state index contributed by atoms with van der Waals surface area (Å²) in [6.45, 7) is 1.76. The van der Waals surface area contributed by atoms with Gasteiger partial charge in [-0.05, 0) is 55.3 Å². The summed E-state index contributed by atoms with van der Waals surface area (Å²) in [4.78, 5) is 12.5. The Morgan fingerprint density at radius 2 is 1.89 bits per heavy atom. The first-order valence-electron chi connectivity index (χ1n) is 8.18. The number of alkyl halides is 3. The minimum Gasteiger partial charge on any atom is -0.322 e. The van der Waals surface area contributed by atoms with E-state index in [2.05, 4.69) is 5.32 Å². The molecule has 0 aliphatic carbocycles. The zero-order chi connectivity index (χ0) is 20.9. The van der Waals surface area contributed by atoms with Crippen LogP contribution in [-0.4, -0.2) is 26.6 Å². The average Bonchev–Trinajstić information content (AvgIpc) is 2.90. The largest absolute Gasteiger partial charge is 0.417 e. The molecule has 3 rings (SSSR count). The Hall–Kier alpha value is -2.26. The van der Waals surface area contributed by atoms with Gasteiger partial charge in [0.1, 0.15) is 0 Å². The number of amides is 1. The summed E-state index contributed by atoms with van der Waals surface area (Å²) in [5, 5.41) is 1.95. The molecule has 1 amide bonds.